The molecule has 11 heteroatoms. The van der Waals surface area contributed by atoms with Crippen LogP contribution in [0.5, 0.6) is 0 Å². The van der Waals surface area contributed by atoms with Crippen molar-refractivity contribution >= 4 is 23.2 Å². The number of carbonyl (C=O) groups is 1. The van der Waals surface area contributed by atoms with Gasteiger partial charge in [0.1, 0.15) is 5.69 Å². The molecule has 0 aliphatic heterocycles. The molecule has 0 saturated heterocycles. The van der Waals surface area contributed by atoms with Gasteiger partial charge in [-0.25, -0.2) is 4.98 Å². The summed E-state index contributed by atoms with van der Waals surface area (Å²) in [6, 6.07) is 5.23. The highest BCUT2D eigenvalue weighted by molar-refractivity contribution is 6.34. The Kier molecular flexibility index (Phi) is 5.20. The van der Waals surface area contributed by atoms with Crippen LogP contribution in [0.2, 0.25) is 5.02 Å². The van der Waals surface area contributed by atoms with Crippen LogP contribution in [0.4, 0.5) is 32.0 Å². The maximum absolute atomic E-state index is 12.8. The maximum Gasteiger partial charge on any atom is 0.430 e. The second kappa shape index (κ2) is 6.76. The molecule has 1 aromatic heterocycles. The van der Waals surface area contributed by atoms with Gasteiger partial charge in [-0.2, -0.15) is 26.3 Å². The summed E-state index contributed by atoms with van der Waals surface area (Å²) in [5.41, 5.74) is -6.77. The van der Waals surface area contributed by atoms with Gasteiger partial charge in [0.25, 0.3) is 11.5 Å². The summed E-state index contributed by atoms with van der Waals surface area (Å²) < 4.78 is 76.8. The molecule has 0 saturated carbocycles. The highest BCUT2D eigenvalue weighted by atomic mass is 35.5. The second-order valence-electron chi connectivity index (χ2n) is 5.07. The molecular formula is C15H9ClF6N2O2. The summed E-state index contributed by atoms with van der Waals surface area (Å²) in [7, 11) is 0. The average molecular weight is 399 g/mol. The molecule has 140 valence electrons. The van der Waals surface area contributed by atoms with Crippen molar-refractivity contribution in [3.05, 3.63) is 58.9 Å². The average Bonchev–Trinajstić information content (AvgIpc) is 2.53. The van der Waals surface area contributed by atoms with Crippen LogP contribution in [0.15, 0.2) is 42.6 Å². The molecule has 26 heavy (non-hydrogen) atoms. The minimum Gasteiger partial charge on any atom is -0.369 e. The summed E-state index contributed by atoms with van der Waals surface area (Å²) in [5, 5.41) is 11.5. The largest absolute Gasteiger partial charge is 0.430 e. The van der Waals surface area contributed by atoms with Crippen molar-refractivity contribution in [3.63, 3.8) is 0 Å². The van der Waals surface area contributed by atoms with E-state index in [-0.39, 0.29) is 16.4 Å². The van der Waals surface area contributed by atoms with E-state index in [1.165, 1.54) is 18.3 Å². The molecule has 2 aromatic rings. The molecule has 0 spiro atoms. The molecule has 0 bridgehead atoms. The van der Waals surface area contributed by atoms with E-state index < -0.39 is 29.4 Å². The van der Waals surface area contributed by atoms with E-state index in [0.29, 0.717) is 12.1 Å². The van der Waals surface area contributed by atoms with Crippen LogP contribution in [0.3, 0.4) is 0 Å². The minimum atomic E-state index is -5.99. The van der Waals surface area contributed by atoms with E-state index in [0.717, 1.165) is 12.1 Å². The van der Waals surface area contributed by atoms with Crippen molar-refractivity contribution in [2.24, 2.45) is 0 Å². The Labute approximate surface area is 147 Å². The third-order valence-corrected chi connectivity index (χ3v) is 3.66. The number of aromatic nitrogens is 1. The molecule has 4 nitrogen and oxygen atoms in total. The fourth-order valence-electron chi connectivity index (χ4n) is 2.03. The molecule has 0 unspecified atom stereocenters. The van der Waals surface area contributed by atoms with E-state index in [4.69, 9.17) is 11.6 Å². The molecule has 2 N–H and O–H groups in total. The number of hydrogen-bond donors (Lipinski definition) is 2. The Bertz CT molecular complexity index is 791. The monoisotopic (exact) mass is 398 g/mol. The Hall–Kier alpha value is -2.33. The van der Waals surface area contributed by atoms with Crippen molar-refractivity contribution in [3.8, 4) is 0 Å². The molecule has 1 amide bonds. The number of amides is 1. The van der Waals surface area contributed by atoms with Crippen LogP contribution >= 0.6 is 11.6 Å². The van der Waals surface area contributed by atoms with Gasteiger partial charge in [0, 0.05) is 17.4 Å². The quantitative estimate of drug-likeness (QED) is 0.758. The molecule has 0 fully saturated rings. The number of hydrogen-bond acceptors (Lipinski definition) is 3. The van der Waals surface area contributed by atoms with E-state index in [9.17, 15) is 36.2 Å². The number of benzene rings is 1. The number of pyridine rings is 1. The molecule has 2 rings (SSSR count). The smallest absolute Gasteiger partial charge is 0.369 e. The molecule has 0 radical (unpaired) electrons. The zero-order chi connectivity index (χ0) is 19.8. The van der Waals surface area contributed by atoms with Crippen LogP contribution in [0, 0.1) is 0 Å². The number of nitrogens with one attached hydrogen (secondary N) is 1. The van der Waals surface area contributed by atoms with E-state index in [1.807, 2.05) is 0 Å². The van der Waals surface area contributed by atoms with Crippen LogP contribution in [0.25, 0.3) is 0 Å². The second-order valence-corrected chi connectivity index (χ2v) is 5.48. The summed E-state index contributed by atoms with van der Waals surface area (Å²) in [5.74, 6) is -0.815. The SMILES string of the molecule is O=C(Nc1ccc(C(O)(C(F)(F)F)C(F)(F)F)cc1)c1ncccc1Cl. The predicted molar refractivity (Wildman–Crippen MR) is 79.6 cm³/mol. The van der Waals surface area contributed by atoms with Gasteiger partial charge in [-0.3, -0.25) is 4.79 Å². The molecular weight excluding hydrogens is 390 g/mol. The van der Waals surface area contributed by atoms with Gasteiger partial charge in [0.15, 0.2) is 0 Å². The summed E-state index contributed by atoms with van der Waals surface area (Å²) >= 11 is 5.76. The molecule has 0 aliphatic rings. The maximum atomic E-state index is 12.8. The zero-order valence-corrected chi connectivity index (χ0v) is 13.2. The fourth-order valence-corrected chi connectivity index (χ4v) is 2.23. The van der Waals surface area contributed by atoms with Gasteiger partial charge in [-0.1, -0.05) is 23.7 Å². The van der Waals surface area contributed by atoms with E-state index >= 15 is 0 Å². The lowest BCUT2D eigenvalue weighted by Crippen LogP contribution is -2.53. The number of nitrogens with zero attached hydrogens (tertiary/aromatic N) is 1. The van der Waals surface area contributed by atoms with Gasteiger partial charge >= 0.3 is 12.4 Å². The van der Waals surface area contributed by atoms with Crippen molar-refractivity contribution in [2.45, 2.75) is 18.0 Å². The number of alkyl halides is 6. The lowest BCUT2D eigenvalue weighted by Gasteiger charge is -2.32. The molecule has 1 aromatic carbocycles. The summed E-state index contributed by atoms with van der Waals surface area (Å²) in [6.45, 7) is 0. The van der Waals surface area contributed by atoms with Crippen molar-refractivity contribution in [2.75, 3.05) is 5.32 Å². The van der Waals surface area contributed by atoms with E-state index in [2.05, 4.69) is 10.3 Å². The normalized spacial score (nSPS) is 12.8. The highest BCUT2D eigenvalue weighted by Gasteiger charge is 2.71. The van der Waals surface area contributed by atoms with Crippen LogP contribution in [0.1, 0.15) is 16.1 Å². The molecule has 0 atom stereocenters. The Balaban J connectivity index is 2.30. The molecule has 1 heterocycles. The lowest BCUT2D eigenvalue weighted by atomic mass is 9.92. The predicted octanol–water partition coefficient (Wildman–Crippen LogP) is 4.30. The van der Waals surface area contributed by atoms with Crippen LogP contribution < -0.4 is 5.32 Å². The highest BCUT2D eigenvalue weighted by Crippen LogP contribution is 2.50. The van der Waals surface area contributed by atoms with Gasteiger partial charge in [0.2, 0.25) is 0 Å². The Morgan fingerprint density at radius 2 is 1.54 bits per heavy atom. The third kappa shape index (κ3) is 3.61. The van der Waals surface area contributed by atoms with Gasteiger partial charge in [-0.05, 0) is 24.3 Å². The molecule has 0 aliphatic carbocycles. The first-order valence-electron chi connectivity index (χ1n) is 6.76. The van der Waals surface area contributed by atoms with Crippen LogP contribution in [-0.4, -0.2) is 28.4 Å². The summed E-state index contributed by atoms with van der Waals surface area (Å²) in [4.78, 5) is 15.7. The number of anilines is 1. The van der Waals surface area contributed by atoms with Crippen molar-refractivity contribution in [1.29, 1.82) is 0 Å². The first-order valence-corrected chi connectivity index (χ1v) is 7.14. The van der Waals surface area contributed by atoms with Gasteiger partial charge in [0.05, 0.1) is 5.02 Å². The number of halogens is 7. The lowest BCUT2D eigenvalue weighted by molar-refractivity contribution is -0.376. The topological polar surface area (TPSA) is 62.2 Å². The first kappa shape index (κ1) is 20.0. The standard InChI is InChI=1S/C15H9ClF6N2O2/c16-10-2-1-7-23-11(10)12(25)24-9-5-3-8(4-6-9)13(26,14(17,18)19)15(20,21)22/h1-7,26H,(H,24,25). The van der Waals surface area contributed by atoms with Gasteiger partial charge in [-0.15, -0.1) is 0 Å². The third-order valence-electron chi connectivity index (χ3n) is 3.35. The number of carbonyl (C=O) groups excluding carboxylic acids is 1. The zero-order valence-electron chi connectivity index (χ0n) is 12.5. The number of aliphatic hydroxyl groups is 1. The van der Waals surface area contributed by atoms with Crippen molar-refractivity contribution in [1.82, 2.24) is 4.98 Å². The van der Waals surface area contributed by atoms with E-state index in [1.54, 1.807) is 0 Å². The first-order chi connectivity index (χ1) is 11.9. The summed E-state index contributed by atoms with van der Waals surface area (Å²) in [6.07, 6.45) is -10.7. The minimum absolute atomic E-state index is 0.00476. The van der Waals surface area contributed by atoms with Crippen molar-refractivity contribution < 1.29 is 36.2 Å². The number of rotatable bonds is 3. The van der Waals surface area contributed by atoms with Crippen LogP contribution in [-0.2, 0) is 5.60 Å². The fraction of sp³-hybridized carbons (Fsp3) is 0.200. The Morgan fingerprint density at radius 1 is 1.00 bits per heavy atom. The Morgan fingerprint density at radius 3 is 2.00 bits per heavy atom. The van der Waals surface area contributed by atoms with Gasteiger partial charge < -0.3 is 10.4 Å².